The second-order valence-corrected chi connectivity index (χ2v) is 2.58. The summed E-state index contributed by atoms with van der Waals surface area (Å²) < 4.78 is 4.91. The Hall–Kier alpha value is -1.17. The molecule has 0 saturated carbocycles. The van der Waals surface area contributed by atoms with Gasteiger partial charge in [-0.05, 0) is 12.1 Å². The molecule has 1 aromatic carbocycles. The molecule has 1 heterocycles. The number of carbonyl (C=O) groups is 1. The summed E-state index contributed by atoms with van der Waals surface area (Å²) in [7, 11) is 0. The molecule has 0 bridgehead atoms. The third-order valence-electron chi connectivity index (χ3n) is 1.63. The molecule has 0 amide bonds. The molecule has 1 aromatic heterocycles. The van der Waals surface area contributed by atoms with E-state index in [0.29, 0.717) is 5.56 Å². The first-order valence-corrected chi connectivity index (χ1v) is 3.89. The van der Waals surface area contributed by atoms with Gasteiger partial charge in [-0.25, -0.2) is 4.79 Å². The molecule has 1 N–H and O–H groups in total. The van der Waals surface area contributed by atoms with Gasteiger partial charge in [-0.3, -0.25) is 0 Å². The SMILES string of the molecule is O=C(O)c1nnc(-c2ccccc2)o1.[H-].[Na+]. The van der Waals surface area contributed by atoms with E-state index < -0.39 is 11.9 Å². The fourth-order valence-electron chi connectivity index (χ4n) is 1.01. The van der Waals surface area contributed by atoms with Crippen LogP contribution in [-0.4, -0.2) is 21.3 Å². The first-order chi connectivity index (χ1) is 6.77. The quantitative estimate of drug-likeness (QED) is 0.619. The molecule has 15 heavy (non-hydrogen) atoms. The zero-order valence-corrected chi connectivity index (χ0v) is 10.0. The number of benzene rings is 1. The standard InChI is InChI=1S/C9H6N2O3.Na.H/c12-9(13)8-11-10-7(14-8)6-4-2-1-3-5-6;;/h1-5H,(H,12,13);;/q;+1;-1. The third kappa shape index (κ3) is 2.65. The van der Waals surface area contributed by atoms with Crippen molar-refractivity contribution in [2.24, 2.45) is 0 Å². The van der Waals surface area contributed by atoms with Crippen molar-refractivity contribution in [1.82, 2.24) is 10.2 Å². The van der Waals surface area contributed by atoms with Crippen molar-refractivity contribution in [2.45, 2.75) is 0 Å². The summed E-state index contributed by atoms with van der Waals surface area (Å²) in [5, 5.41) is 15.5. The van der Waals surface area contributed by atoms with Crippen LogP contribution in [0, 0.1) is 0 Å². The van der Waals surface area contributed by atoms with Crippen molar-refractivity contribution in [2.75, 3.05) is 0 Å². The minimum Gasteiger partial charge on any atom is -1.00 e. The molecule has 0 atom stereocenters. The number of nitrogens with zero attached hydrogens (tertiary/aromatic N) is 2. The van der Waals surface area contributed by atoms with Crippen molar-refractivity contribution < 1.29 is 45.3 Å². The van der Waals surface area contributed by atoms with E-state index in [0.717, 1.165) is 0 Å². The van der Waals surface area contributed by atoms with E-state index in [2.05, 4.69) is 10.2 Å². The van der Waals surface area contributed by atoms with Crippen LogP contribution in [0.2, 0.25) is 0 Å². The molecule has 2 aromatic rings. The number of hydrogen-bond acceptors (Lipinski definition) is 4. The number of aromatic nitrogens is 2. The number of aromatic carboxylic acids is 1. The van der Waals surface area contributed by atoms with Crippen LogP contribution >= 0.6 is 0 Å². The van der Waals surface area contributed by atoms with Crippen LogP contribution in [0.3, 0.4) is 0 Å². The van der Waals surface area contributed by atoms with Gasteiger partial charge in [0, 0.05) is 5.56 Å². The summed E-state index contributed by atoms with van der Waals surface area (Å²) in [5.41, 5.74) is 0.701. The molecular weight excluding hydrogens is 207 g/mol. The maximum absolute atomic E-state index is 10.4. The number of rotatable bonds is 2. The Balaban J connectivity index is 0.00000112. The molecule has 0 fully saturated rings. The van der Waals surface area contributed by atoms with Crippen LogP contribution in [0.15, 0.2) is 34.7 Å². The number of carboxylic acid groups (broad SMARTS) is 1. The molecule has 0 aliphatic rings. The monoisotopic (exact) mass is 214 g/mol. The van der Waals surface area contributed by atoms with Crippen LogP contribution in [0.4, 0.5) is 0 Å². The van der Waals surface area contributed by atoms with Crippen molar-refractivity contribution in [3.05, 3.63) is 36.2 Å². The average Bonchev–Trinajstić information content (AvgIpc) is 2.68. The summed E-state index contributed by atoms with van der Waals surface area (Å²) in [6.07, 6.45) is 0. The van der Waals surface area contributed by atoms with Gasteiger partial charge in [-0.1, -0.05) is 18.2 Å². The number of hydrogen-bond donors (Lipinski definition) is 1. The topological polar surface area (TPSA) is 76.2 Å². The first-order valence-electron chi connectivity index (χ1n) is 3.89. The first kappa shape index (κ1) is 11.9. The van der Waals surface area contributed by atoms with E-state index in [9.17, 15) is 4.79 Å². The molecule has 6 heteroatoms. The summed E-state index contributed by atoms with van der Waals surface area (Å²) in [4.78, 5) is 10.4. The predicted molar refractivity (Wildman–Crippen MR) is 47.8 cm³/mol. The van der Waals surface area contributed by atoms with E-state index in [-0.39, 0.29) is 36.9 Å². The maximum atomic E-state index is 10.4. The van der Waals surface area contributed by atoms with Gasteiger partial charge in [-0.2, -0.15) is 0 Å². The van der Waals surface area contributed by atoms with Gasteiger partial charge in [-0.15, -0.1) is 10.2 Å². The van der Waals surface area contributed by atoms with Gasteiger partial charge in [0.2, 0.25) is 5.89 Å². The van der Waals surface area contributed by atoms with Crippen molar-refractivity contribution in [3.63, 3.8) is 0 Å². The van der Waals surface area contributed by atoms with Gasteiger partial charge in [0.1, 0.15) is 0 Å². The Morgan fingerprint density at radius 3 is 2.47 bits per heavy atom. The van der Waals surface area contributed by atoms with Crippen LogP contribution in [0.5, 0.6) is 0 Å². The minimum atomic E-state index is -1.22. The molecule has 0 radical (unpaired) electrons. The van der Waals surface area contributed by atoms with Gasteiger partial charge >= 0.3 is 41.4 Å². The molecule has 72 valence electrons. The molecule has 2 rings (SSSR count). The maximum Gasteiger partial charge on any atom is 1.00 e. The van der Waals surface area contributed by atoms with Gasteiger partial charge < -0.3 is 11.0 Å². The van der Waals surface area contributed by atoms with Crippen LogP contribution < -0.4 is 29.6 Å². The molecule has 0 aliphatic carbocycles. The zero-order chi connectivity index (χ0) is 9.97. The largest absolute Gasteiger partial charge is 1.00 e. The molecule has 0 spiro atoms. The smallest absolute Gasteiger partial charge is 1.00 e. The normalized spacial score (nSPS) is 9.33. The van der Waals surface area contributed by atoms with Crippen molar-refractivity contribution >= 4 is 5.97 Å². The van der Waals surface area contributed by atoms with Crippen molar-refractivity contribution in [3.8, 4) is 11.5 Å². The van der Waals surface area contributed by atoms with Crippen LogP contribution in [0.1, 0.15) is 12.1 Å². The predicted octanol–water partition coefficient (Wildman–Crippen LogP) is -1.45. The fourth-order valence-corrected chi connectivity index (χ4v) is 1.01. The fraction of sp³-hybridized carbons (Fsp3) is 0. The molecule has 0 aliphatic heterocycles. The Morgan fingerprint density at radius 1 is 1.27 bits per heavy atom. The van der Waals surface area contributed by atoms with E-state index in [1.54, 1.807) is 24.3 Å². The Bertz CT molecular complexity index is 461. The van der Waals surface area contributed by atoms with E-state index in [1.807, 2.05) is 6.07 Å². The molecule has 0 saturated heterocycles. The van der Waals surface area contributed by atoms with Crippen molar-refractivity contribution in [1.29, 1.82) is 0 Å². The second-order valence-electron chi connectivity index (χ2n) is 2.58. The third-order valence-corrected chi connectivity index (χ3v) is 1.63. The minimum absolute atomic E-state index is 0. The van der Waals surface area contributed by atoms with E-state index in [4.69, 9.17) is 9.52 Å². The Kier molecular flexibility index (Phi) is 4.02. The Labute approximate surface area is 109 Å². The Morgan fingerprint density at radius 2 is 1.93 bits per heavy atom. The van der Waals surface area contributed by atoms with Crippen LogP contribution in [0.25, 0.3) is 11.5 Å². The molecule has 5 nitrogen and oxygen atoms in total. The van der Waals surface area contributed by atoms with Crippen LogP contribution in [-0.2, 0) is 0 Å². The van der Waals surface area contributed by atoms with E-state index in [1.165, 1.54) is 0 Å². The zero-order valence-electron chi connectivity index (χ0n) is 9.04. The van der Waals surface area contributed by atoms with Gasteiger partial charge in [0.15, 0.2) is 0 Å². The molecular formula is C9H7N2NaO3. The van der Waals surface area contributed by atoms with Gasteiger partial charge in [0.25, 0.3) is 0 Å². The second kappa shape index (κ2) is 5.06. The van der Waals surface area contributed by atoms with E-state index >= 15 is 0 Å². The summed E-state index contributed by atoms with van der Waals surface area (Å²) in [5.74, 6) is -1.41. The average molecular weight is 214 g/mol. The van der Waals surface area contributed by atoms with Gasteiger partial charge in [0.05, 0.1) is 0 Å². The summed E-state index contributed by atoms with van der Waals surface area (Å²) in [6, 6.07) is 8.98. The number of carboxylic acids is 1. The summed E-state index contributed by atoms with van der Waals surface area (Å²) in [6.45, 7) is 0. The summed E-state index contributed by atoms with van der Waals surface area (Å²) >= 11 is 0. The molecule has 0 unspecified atom stereocenters.